The van der Waals surface area contributed by atoms with E-state index in [1.165, 1.54) is 6.33 Å². The number of rotatable bonds is 9. The standard InChI is InChI=1S/C19H29N3O2/c1-5-7-9-19(3,10-8-6-2)24-18-14-11-16(20-4)17(23)12-15(14)21-13-22-18/h11-13,20,23H,5-10H2,1-4H3. The van der Waals surface area contributed by atoms with E-state index in [9.17, 15) is 5.11 Å². The summed E-state index contributed by atoms with van der Waals surface area (Å²) in [6.45, 7) is 6.57. The van der Waals surface area contributed by atoms with Crippen LogP contribution < -0.4 is 10.1 Å². The summed E-state index contributed by atoms with van der Waals surface area (Å²) in [5, 5.41) is 13.8. The number of fused-ring (bicyclic) bond motifs is 1. The summed E-state index contributed by atoms with van der Waals surface area (Å²) in [5.74, 6) is 0.764. The highest BCUT2D eigenvalue weighted by Gasteiger charge is 2.27. The third-order valence-electron chi connectivity index (χ3n) is 4.45. The minimum atomic E-state index is -0.231. The minimum Gasteiger partial charge on any atom is -0.506 e. The normalized spacial score (nSPS) is 11.7. The van der Waals surface area contributed by atoms with Crippen LogP contribution in [0.3, 0.4) is 0 Å². The molecule has 0 unspecified atom stereocenters. The van der Waals surface area contributed by atoms with E-state index < -0.39 is 0 Å². The Morgan fingerprint density at radius 3 is 2.38 bits per heavy atom. The van der Waals surface area contributed by atoms with Crippen molar-refractivity contribution in [2.75, 3.05) is 12.4 Å². The number of aromatic nitrogens is 2. The second-order valence-electron chi connectivity index (χ2n) is 6.57. The number of aromatic hydroxyl groups is 1. The number of benzene rings is 1. The molecular weight excluding hydrogens is 302 g/mol. The van der Waals surface area contributed by atoms with Gasteiger partial charge >= 0.3 is 0 Å². The maximum absolute atomic E-state index is 10.0. The Bertz CT molecular complexity index is 665. The molecule has 0 saturated heterocycles. The maximum atomic E-state index is 10.0. The first-order chi connectivity index (χ1) is 11.5. The van der Waals surface area contributed by atoms with E-state index in [4.69, 9.17) is 4.74 Å². The van der Waals surface area contributed by atoms with Gasteiger partial charge in [-0.1, -0.05) is 26.7 Å². The number of nitrogens with one attached hydrogen (secondary N) is 1. The molecule has 2 aromatic rings. The molecule has 0 amide bonds. The maximum Gasteiger partial charge on any atom is 0.225 e. The summed E-state index contributed by atoms with van der Waals surface area (Å²) >= 11 is 0. The van der Waals surface area contributed by atoms with Crippen molar-refractivity contribution >= 4 is 16.6 Å². The molecule has 132 valence electrons. The minimum absolute atomic E-state index is 0.175. The Labute approximate surface area is 144 Å². The van der Waals surface area contributed by atoms with Gasteiger partial charge in [0, 0.05) is 13.1 Å². The van der Waals surface area contributed by atoms with Crippen molar-refractivity contribution in [2.24, 2.45) is 0 Å². The highest BCUT2D eigenvalue weighted by atomic mass is 16.5. The van der Waals surface area contributed by atoms with Crippen LogP contribution in [0.5, 0.6) is 11.6 Å². The largest absolute Gasteiger partial charge is 0.506 e. The lowest BCUT2D eigenvalue weighted by atomic mass is 9.92. The van der Waals surface area contributed by atoms with Gasteiger partial charge in [0.2, 0.25) is 5.88 Å². The molecule has 0 atom stereocenters. The van der Waals surface area contributed by atoms with Gasteiger partial charge in [0.1, 0.15) is 17.7 Å². The molecule has 0 aliphatic rings. The van der Waals surface area contributed by atoms with Gasteiger partial charge < -0.3 is 15.2 Å². The third-order valence-corrected chi connectivity index (χ3v) is 4.45. The molecule has 5 heteroatoms. The van der Waals surface area contributed by atoms with Crippen molar-refractivity contribution in [2.45, 2.75) is 64.9 Å². The average molecular weight is 331 g/mol. The molecule has 2 rings (SSSR count). The van der Waals surface area contributed by atoms with Crippen LogP contribution in [0, 0.1) is 0 Å². The van der Waals surface area contributed by atoms with Crippen LogP contribution in [0.15, 0.2) is 18.5 Å². The summed E-state index contributed by atoms with van der Waals surface area (Å²) in [6.07, 6.45) is 8.06. The lowest BCUT2D eigenvalue weighted by Gasteiger charge is -2.30. The molecule has 0 saturated carbocycles. The molecule has 1 heterocycles. The topological polar surface area (TPSA) is 67.3 Å². The Balaban J connectivity index is 2.38. The van der Waals surface area contributed by atoms with Crippen molar-refractivity contribution in [3.8, 4) is 11.6 Å². The van der Waals surface area contributed by atoms with E-state index in [0.29, 0.717) is 17.1 Å². The number of unbranched alkanes of at least 4 members (excludes halogenated alkanes) is 2. The molecule has 1 aromatic heterocycles. The highest BCUT2D eigenvalue weighted by Crippen LogP contribution is 2.35. The Kier molecular flexibility index (Phi) is 6.23. The fourth-order valence-electron chi connectivity index (χ4n) is 2.91. The molecule has 0 spiro atoms. The van der Waals surface area contributed by atoms with Gasteiger partial charge in [-0.3, -0.25) is 0 Å². The van der Waals surface area contributed by atoms with Crippen molar-refractivity contribution in [1.29, 1.82) is 0 Å². The molecule has 2 N–H and O–H groups in total. The first kappa shape index (κ1) is 18.3. The molecular formula is C19H29N3O2. The summed E-state index contributed by atoms with van der Waals surface area (Å²) in [7, 11) is 1.78. The number of hydrogen-bond donors (Lipinski definition) is 2. The van der Waals surface area contributed by atoms with Gasteiger partial charge in [0.15, 0.2) is 0 Å². The summed E-state index contributed by atoms with van der Waals surface area (Å²) in [4.78, 5) is 8.62. The number of nitrogens with zero attached hydrogens (tertiary/aromatic N) is 2. The van der Waals surface area contributed by atoms with Crippen molar-refractivity contribution in [3.63, 3.8) is 0 Å². The summed E-state index contributed by atoms with van der Waals surface area (Å²) < 4.78 is 6.40. The highest BCUT2D eigenvalue weighted by molar-refractivity contribution is 5.89. The number of phenolic OH excluding ortho intramolecular Hbond substituents is 1. The average Bonchev–Trinajstić information content (AvgIpc) is 2.58. The van der Waals surface area contributed by atoms with Gasteiger partial charge in [-0.15, -0.1) is 0 Å². The zero-order valence-electron chi connectivity index (χ0n) is 15.2. The molecule has 5 nitrogen and oxygen atoms in total. The van der Waals surface area contributed by atoms with Crippen LogP contribution in [0.25, 0.3) is 10.9 Å². The first-order valence-electron chi connectivity index (χ1n) is 8.87. The predicted molar refractivity (Wildman–Crippen MR) is 98.8 cm³/mol. The number of ether oxygens (including phenoxy) is 1. The number of hydrogen-bond acceptors (Lipinski definition) is 5. The molecule has 0 aliphatic carbocycles. The van der Waals surface area contributed by atoms with E-state index >= 15 is 0 Å². The fourth-order valence-corrected chi connectivity index (χ4v) is 2.91. The molecule has 1 aromatic carbocycles. The fraction of sp³-hybridized carbons (Fsp3) is 0.579. The third kappa shape index (κ3) is 4.28. The van der Waals surface area contributed by atoms with Crippen LogP contribution in [0.2, 0.25) is 0 Å². The Morgan fingerprint density at radius 1 is 1.12 bits per heavy atom. The van der Waals surface area contributed by atoms with E-state index in [1.54, 1.807) is 13.1 Å². The van der Waals surface area contributed by atoms with Crippen LogP contribution in [-0.4, -0.2) is 27.7 Å². The Morgan fingerprint density at radius 2 is 1.79 bits per heavy atom. The lowest BCUT2D eigenvalue weighted by molar-refractivity contribution is 0.0615. The molecule has 0 aliphatic heterocycles. The van der Waals surface area contributed by atoms with Crippen LogP contribution in [0.4, 0.5) is 5.69 Å². The SMILES string of the molecule is CCCCC(C)(CCCC)Oc1ncnc2cc(O)c(NC)cc12. The van der Waals surface area contributed by atoms with Gasteiger partial charge in [0.25, 0.3) is 0 Å². The molecule has 0 bridgehead atoms. The second-order valence-corrected chi connectivity index (χ2v) is 6.57. The quantitative estimate of drug-likeness (QED) is 0.640. The smallest absolute Gasteiger partial charge is 0.225 e. The van der Waals surface area contributed by atoms with E-state index in [-0.39, 0.29) is 11.4 Å². The zero-order chi connectivity index (χ0) is 17.6. The molecule has 0 radical (unpaired) electrons. The van der Waals surface area contributed by atoms with E-state index in [2.05, 4.69) is 36.1 Å². The number of anilines is 1. The van der Waals surface area contributed by atoms with Gasteiger partial charge in [-0.05, 0) is 38.7 Å². The van der Waals surface area contributed by atoms with Crippen LogP contribution in [-0.2, 0) is 0 Å². The predicted octanol–water partition coefficient (Wildman–Crippen LogP) is 4.90. The van der Waals surface area contributed by atoms with Gasteiger partial charge in [0.05, 0.1) is 16.6 Å². The molecule has 24 heavy (non-hydrogen) atoms. The summed E-state index contributed by atoms with van der Waals surface area (Å²) in [5.41, 5.74) is 1.10. The molecule has 0 fully saturated rings. The first-order valence-corrected chi connectivity index (χ1v) is 8.87. The van der Waals surface area contributed by atoms with Crippen molar-refractivity contribution in [3.05, 3.63) is 18.5 Å². The van der Waals surface area contributed by atoms with E-state index in [0.717, 1.165) is 43.9 Å². The lowest BCUT2D eigenvalue weighted by Crippen LogP contribution is -2.32. The summed E-state index contributed by atoms with van der Waals surface area (Å²) in [6, 6.07) is 3.49. The van der Waals surface area contributed by atoms with Crippen molar-refractivity contribution < 1.29 is 9.84 Å². The van der Waals surface area contributed by atoms with Crippen LogP contribution in [0.1, 0.15) is 59.3 Å². The van der Waals surface area contributed by atoms with Gasteiger partial charge in [-0.2, -0.15) is 0 Å². The van der Waals surface area contributed by atoms with E-state index in [1.807, 2.05) is 6.07 Å². The van der Waals surface area contributed by atoms with Crippen LogP contribution >= 0.6 is 0 Å². The van der Waals surface area contributed by atoms with Crippen molar-refractivity contribution in [1.82, 2.24) is 9.97 Å². The monoisotopic (exact) mass is 331 g/mol. The number of phenols is 1. The zero-order valence-corrected chi connectivity index (χ0v) is 15.2. The van der Waals surface area contributed by atoms with Gasteiger partial charge in [-0.25, -0.2) is 9.97 Å². The second kappa shape index (κ2) is 8.18. The Hall–Kier alpha value is -2.04.